The van der Waals surface area contributed by atoms with E-state index in [0.717, 1.165) is 38.2 Å². The fourth-order valence-corrected chi connectivity index (χ4v) is 3.34. The van der Waals surface area contributed by atoms with Gasteiger partial charge in [-0.3, -0.25) is 9.69 Å². The first-order valence-electron chi connectivity index (χ1n) is 8.97. The lowest BCUT2D eigenvalue weighted by Gasteiger charge is -2.33. The molecule has 1 atom stereocenters. The first-order chi connectivity index (χ1) is 12.1. The van der Waals surface area contributed by atoms with Crippen LogP contribution in [0.2, 0.25) is 0 Å². The summed E-state index contributed by atoms with van der Waals surface area (Å²) in [4.78, 5) is 14.7. The topological polar surface area (TPSA) is 52.6 Å². The van der Waals surface area contributed by atoms with Crippen molar-refractivity contribution >= 4 is 11.6 Å². The number of amides is 1. The highest BCUT2D eigenvalue weighted by atomic mass is 16.3. The summed E-state index contributed by atoms with van der Waals surface area (Å²) < 4.78 is 0. The van der Waals surface area contributed by atoms with Crippen molar-refractivity contribution in [2.75, 3.05) is 18.4 Å². The van der Waals surface area contributed by atoms with Crippen LogP contribution in [0.3, 0.4) is 0 Å². The summed E-state index contributed by atoms with van der Waals surface area (Å²) in [6.45, 7) is 4.82. The van der Waals surface area contributed by atoms with Gasteiger partial charge < -0.3 is 10.4 Å². The molecule has 1 heterocycles. The van der Waals surface area contributed by atoms with Crippen LogP contribution in [0, 0.1) is 5.92 Å². The number of rotatable bonds is 5. The summed E-state index contributed by atoms with van der Waals surface area (Å²) in [5.74, 6) is 0.343. The minimum atomic E-state index is -0.204. The van der Waals surface area contributed by atoms with Gasteiger partial charge in [-0.25, -0.2) is 0 Å². The third-order valence-electron chi connectivity index (χ3n) is 4.97. The van der Waals surface area contributed by atoms with Gasteiger partial charge in [0.15, 0.2) is 0 Å². The van der Waals surface area contributed by atoms with Crippen LogP contribution in [0.4, 0.5) is 5.69 Å². The smallest absolute Gasteiger partial charge is 0.255 e. The van der Waals surface area contributed by atoms with Gasteiger partial charge in [-0.15, -0.1) is 0 Å². The molecule has 1 amide bonds. The maximum absolute atomic E-state index is 12.3. The predicted molar refractivity (Wildman–Crippen MR) is 101 cm³/mol. The number of carbonyl (C=O) groups excluding carboxylic acids is 1. The van der Waals surface area contributed by atoms with Crippen LogP contribution < -0.4 is 5.32 Å². The summed E-state index contributed by atoms with van der Waals surface area (Å²) in [5, 5.41) is 12.6. The van der Waals surface area contributed by atoms with Crippen molar-refractivity contribution in [1.82, 2.24) is 4.90 Å². The number of carbonyl (C=O) groups is 1. The Kier molecular flexibility index (Phi) is 5.84. The van der Waals surface area contributed by atoms with E-state index in [1.54, 1.807) is 0 Å². The van der Waals surface area contributed by atoms with Crippen molar-refractivity contribution in [2.24, 2.45) is 5.92 Å². The lowest BCUT2D eigenvalue weighted by molar-refractivity contribution is 0.0695. The minimum Gasteiger partial charge on any atom is -0.393 e. The van der Waals surface area contributed by atoms with E-state index in [1.165, 1.54) is 5.56 Å². The fraction of sp³-hybridized carbons (Fsp3) is 0.381. The molecule has 3 rings (SSSR count). The molecule has 2 N–H and O–H groups in total. The van der Waals surface area contributed by atoms with E-state index in [-0.39, 0.29) is 12.0 Å². The van der Waals surface area contributed by atoms with E-state index in [2.05, 4.69) is 10.2 Å². The fourth-order valence-electron chi connectivity index (χ4n) is 3.34. The maximum Gasteiger partial charge on any atom is 0.255 e. The number of anilines is 1. The van der Waals surface area contributed by atoms with Gasteiger partial charge in [0.05, 0.1) is 6.10 Å². The molecule has 1 unspecified atom stereocenters. The normalized spacial score (nSPS) is 17.2. The Morgan fingerprint density at radius 1 is 1.12 bits per heavy atom. The quantitative estimate of drug-likeness (QED) is 0.877. The minimum absolute atomic E-state index is 0.0875. The molecule has 0 spiro atoms. The molecule has 4 nitrogen and oxygen atoms in total. The van der Waals surface area contributed by atoms with Crippen LogP contribution in [0.5, 0.6) is 0 Å². The number of piperidine rings is 1. The Morgan fingerprint density at radius 3 is 2.36 bits per heavy atom. The Bertz CT molecular complexity index is 675. The molecule has 25 heavy (non-hydrogen) atoms. The summed E-state index contributed by atoms with van der Waals surface area (Å²) in [7, 11) is 0. The number of nitrogens with one attached hydrogen (secondary N) is 1. The van der Waals surface area contributed by atoms with Crippen LogP contribution in [0.15, 0.2) is 54.6 Å². The molecule has 1 aliphatic rings. The molecule has 0 aliphatic carbocycles. The van der Waals surface area contributed by atoms with Gasteiger partial charge >= 0.3 is 0 Å². The second-order valence-electron chi connectivity index (χ2n) is 6.87. The van der Waals surface area contributed by atoms with E-state index in [1.807, 2.05) is 61.5 Å². The molecule has 1 aliphatic heterocycles. The van der Waals surface area contributed by atoms with Gasteiger partial charge in [0.25, 0.3) is 5.91 Å². The summed E-state index contributed by atoms with van der Waals surface area (Å²) in [6, 6.07) is 17.3. The zero-order valence-electron chi connectivity index (χ0n) is 14.7. The van der Waals surface area contributed by atoms with Crippen LogP contribution in [-0.2, 0) is 6.54 Å². The number of benzene rings is 2. The molecule has 0 aromatic heterocycles. The zero-order valence-corrected chi connectivity index (χ0v) is 14.7. The van der Waals surface area contributed by atoms with Gasteiger partial charge in [0, 0.05) is 17.8 Å². The Balaban J connectivity index is 1.53. The molecule has 1 fully saturated rings. The second-order valence-corrected chi connectivity index (χ2v) is 6.87. The van der Waals surface area contributed by atoms with E-state index in [0.29, 0.717) is 11.5 Å². The standard InChI is InChI=1S/C21H26N2O2/c1-16(24)18-11-13-23(14-12-18)15-17-7-9-19(10-8-17)21(25)22-20-5-3-2-4-6-20/h2-10,16,18,24H,11-15H2,1H3,(H,22,25). The molecule has 2 aromatic carbocycles. The molecular formula is C21H26N2O2. The first kappa shape index (κ1) is 17.6. The van der Waals surface area contributed by atoms with Gasteiger partial charge in [-0.1, -0.05) is 30.3 Å². The Labute approximate surface area is 149 Å². The molecule has 0 radical (unpaired) electrons. The average molecular weight is 338 g/mol. The summed E-state index contributed by atoms with van der Waals surface area (Å²) in [5.41, 5.74) is 2.68. The lowest BCUT2D eigenvalue weighted by atomic mass is 9.92. The summed E-state index contributed by atoms with van der Waals surface area (Å²) in [6.07, 6.45) is 1.90. The van der Waals surface area contributed by atoms with Crippen molar-refractivity contribution in [3.8, 4) is 0 Å². The number of hydrogen-bond acceptors (Lipinski definition) is 3. The van der Waals surface area contributed by atoms with Crippen molar-refractivity contribution in [2.45, 2.75) is 32.4 Å². The molecule has 4 heteroatoms. The number of aliphatic hydroxyl groups excluding tert-OH is 1. The van der Waals surface area contributed by atoms with Gasteiger partial charge in [-0.2, -0.15) is 0 Å². The number of para-hydroxylation sites is 1. The van der Waals surface area contributed by atoms with Crippen LogP contribution >= 0.6 is 0 Å². The average Bonchev–Trinajstić information content (AvgIpc) is 2.63. The number of hydrogen-bond donors (Lipinski definition) is 2. The van der Waals surface area contributed by atoms with Crippen LogP contribution in [0.25, 0.3) is 0 Å². The zero-order chi connectivity index (χ0) is 17.6. The van der Waals surface area contributed by atoms with Gasteiger partial charge in [-0.05, 0) is 68.6 Å². The monoisotopic (exact) mass is 338 g/mol. The second kappa shape index (κ2) is 8.28. The van der Waals surface area contributed by atoms with E-state index in [9.17, 15) is 9.90 Å². The molecule has 0 saturated carbocycles. The number of nitrogens with zero attached hydrogens (tertiary/aromatic N) is 1. The molecule has 0 bridgehead atoms. The van der Waals surface area contributed by atoms with E-state index >= 15 is 0 Å². The summed E-state index contributed by atoms with van der Waals surface area (Å²) >= 11 is 0. The molecule has 2 aromatic rings. The van der Waals surface area contributed by atoms with Crippen molar-refractivity contribution in [3.63, 3.8) is 0 Å². The van der Waals surface area contributed by atoms with Crippen LogP contribution in [0.1, 0.15) is 35.7 Å². The van der Waals surface area contributed by atoms with Crippen molar-refractivity contribution in [3.05, 3.63) is 65.7 Å². The SMILES string of the molecule is CC(O)C1CCN(Cc2ccc(C(=O)Nc3ccccc3)cc2)CC1. The predicted octanol–water partition coefficient (Wildman–Crippen LogP) is 3.53. The third-order valence-corrected chi connectivity index (χ3v) is 4.97. The Hall–Kier alpha value is -2.17. The van der Waals surface area contributed by atoms with Crippen molar-refractivity contribution in [1.29, 1.82) is 0 Å². The largest absolute Gasteiger partial charge is 0.393 e. The highest BCUT2D eigenvalue weighted by Gasteiger charge is 2.22. The van der Waals surface area contributed by atoms with Gasteiger partial charge in [0.1, 0.15) is 0 Å². The molecule has 1 saturated heterocycles. The molecule has 132 valence electrons. The highest BCUT2D eigenvalue weighted by Crippen LogP contribution is 2.22. The molecular weight excluding hydrogens is 312 g/mol. The van der Waals surface area contributed by atoms with Gasteiger partial charge in [0.2, 0.25) is 0 Å². The number of aliphatic hydroxyl groups is 1. The van der Waals surface area contributed by atoms with Crippen molar-refractivity contribution < 1.29 is 9.90 Å². The first-order valence-corrected chi connectivity index (χ1v) is 8.97. The Morgan fingerprint density at radius 2 is 1.76 bits per heavy atom. The lowest BCUT2D eigenvalue weighted by Crippen LogP contribution is -2.36. The number of likely N-dealkylation sites (tertiary alicyclic amines) is 1. The maximum atomic E-state index is 12.3. The third kappa shape index (κ3) is 4.91. The highest BCUT2D eigenvalue weighted by molar-refractivity contribution is 6.04. The van der Waals surface area contributed by atoms with E-state index < -0.39 is 0 Å². The van der Waals surface area contributed by atoms with E-state index in [4.69, 9.17) is 0 Å². The van der Waals surface area contributed by atoms with Crippen LogP contribution in [-0.4, -0.2) is 35.1 Å².